The smallest absolute Gasteiger partial charge is 0.407 e. The Hall–Kier alpha value is -2.43. The molecule has 0 fully saturated rings. The van der Waals surface area contributed by atoms with Crippen LogP contribution in [-0.2, 0) is 19.3 Å². The molecule has 0 bridgehead atoms. The number of halogens is 2. The van der Waals surface area contributed by atoms with Crippen molar-refractivity contribution in [3.8, 4) is 5.75 Å². The monoisotopic (exact) mass is 445 g/mol. The molecule has 0 atom stereocenters. The van der Waals surface area contributed by atoms with E-state index in [2.05, 4.69) is 45.1 Å². The highest BCUT2D eigenvalue weighted by Crippen LogP contribution is 2.27. The van der Waals surface area contributed by atoms with Crippen LogP contribution in [0.1, 0.15) is 76.5 Å². The quantitative estimate of drug-likeness (QED) is 0.366. The summed E-state index contributed by atoms with van der Waals surface area (Å²) in [4.78, 5) is 12.1. The van der Waals surface area contributed by atoms with E-state index in [4.69, 9.17) is 4.74 Å². The summed E-state index contributed by atoms with van der Waals surface area (Å²) in [7, 11) is 0. The molecule has 32 heavy (non-hydrogen) atoms. The van der Waals surface area contributed by atoms with Gasteiger partial charge in [-0.25, -0.2) is 13.6 Å². The van der Waals surface area contributed by atoms with Crippen molar-refractivity contribution in [2.24, 2.45) is 5.41 Å². The molecule has 0 aliphatic rings. The van der Waals surface area contributed by atoms with Crippen molar-refractivity contribution in [1.29, 1.82) is 0 Å². The SMILES string of the molecule is CCCCCCCNC(=O)Oc1c(F)cc(F)cc1CCc1ccc(CC(C)(C)C)cc1. The molecular weight excluding hydrogens is 408 g/mol. The molecule has 3 nitrogen and oxygen atoms in total. The van der Waals surface area contributed by atoms with Crippen LogP contribution in [0.4, 0.5) is 13.6 Å². The molecule has 1 N–H and O–H groups in total. The summed E-state index contributed by atoms with van der Waals surface area (Å²) in [6.07, 6.45) is 6.56. The van der Waals surface area contributed by atoms with Crippen LogP contribution in [0.2, 0.25) is 0 Å². The third-order valence-corrected chi connectivity index (χ3v) is 5.27. The standard InChI is InChI=1S/C27H37F2NO2/c1-5-6-7-8-9-16-30-26(31)32-25-22(17-23(28)18-24(25)29)15-14-20-10-12-21(13-11-20)19-27(2,3)4/h10-13,17-18H,5-9,14-16,19H2,1-4H3,(H,30,31). The molecule has 2 rings (SSSR count). The van der Waals surface area contributed by atoms with Crippen molar-refractivity contribution in [3.05, 3.63) is 64.7 Å². The lowest BCUT2D eigenvalue weighted by molar-refractivity contribution is 0.197. The third kappa shape index (κ3) is 9.37. The van der Waals surface area contributed by atoms with Crippen molar-refractivity contribution < 1.29 is 18.3 Å². The Morgan fingerprint density at radius 3 is 2.25 bits per heavy atom. The Kier molecular flexibility index (Phi) is 10.1. The van der Waals surface area contributed by atoms with E-state index in [0.717, 1.165) is 43.7 Å². The van der Waals surface area contributed by atoms with Gasteiger partial charge in [0.05, 0.1) is 0 Å². The number of benzene rings is 2. The molecule has 0 saturated carbocycles. The molecule has 2 aromatic rings. The van der Waals surface area contributed by atoms with E-state index >= 15 is 0 Å². The zero-order valence-corrected chi connectivity index (χ0v) is 19.9. The van der Waals surface area contributed by atoms with E-state index in [1.54, 1.807) is 0 Å². The Labute approximate surface area is 191 Å². The second kappa shape index (κ2) is 12.6. The van der Waals surface area contributed by atoms with Gasteiger partial charge in [-0.05, 0) is 48.3 Å². The van der Waals surface area contributed by atoms with Gasteiger partial charge in [-0.3, -0.25) is 0 Å². The van der Waals surface area contributed by atoms with Crippen LogP contribution in [0.25, 0.3) is 0 Å². The summed E-state index contributed by atoms with van der Waals surface area (Å²) in [5.41, 5.74) is 2.88. The minimum Gasteiger partial charge on any atom is -0.407 e. The largest absolute Gasteiger partial charge is 0.412 e. The number of aryl methyl sites for hydroxylation is 2. The normalized spacial score (nSPS) is 11.4. The molecule has 0 radical (unpaired) electrons. The predicted molar refractivity (Wildman–Crippen MR) is 126 cm³/mol. The first-order valence-corrected chi connectivity index (χ1v) is 11.7. The predicted octanol–water partition coefficient (Wildman–Crippen LogP) is 7.40. The molecule has 176 valence electrons. The Morgan fingerprint density at radius 1 is 0.938 bits per heavy atom. The lowest BCUT2D eigenvalue weighted by atomic mass is 9.88. The van der Waals surface area contributed by atoms with E-state index in [1.807, 2.05) is 12.1 Å². The average molecular weight is 446 g/mol. The van der Waals surface area contributed by atoms with Gasteiger partial charge in [0.1, 0.15) is 5.82 Å². The highest BCUT2D eigenvalue weighted by Gasteiger charge is 2.17. The van der Waals surface area contributed by atoms with E-state index in [-0.39, 0.29) is 11.2 Å². The van der Waals surface area contributed by atoms with Gasteiger partial charge in [-0.2, -0.15) is 0 Å². The van der Waals surface area contributed by atoms with Crippen LogP contribution in [0.5, 0.6) is 5.75 Å². The summed E-state index contributed by atoms with van der Waals surface area (Å²) in [6, 6.07) is 10.3. The number of hydrogen-bond acceptors (Lipinski definition) is 2. The molecule has 2 aromatic carbocycles. The summed E-state index contributed by atoms with van der Waals surface area (Å²) in [6.45, 7) is 9.21. The fourth-order valence-electron chi connectivity index (χ4n) is 3.68. The first kappa shape index (κ1) is 25.8. The molecule has 0 spiro atoms. The van der Waals surface area contributed by atoms with Crippen molar-refractivity contribution in [2.75, 3.05) is 6.54 Å². The molecule has 0 saturated heterocycles. The molecule has 0 aliphatic heterocycles. The second-order valence-electron chi connectivity index (χ2n) is 9.66. The number of rotatable bonds is 11. The van der Waals surface area contributed by atoms with E-state index in [0.29, 0.717) is 24.9 Å². The minimum atomic E-state index is -0.862. The zero-order valence-electron chi connectivity index (χ0n) is 19.9. The van der Waals surface area contributed by atoms with Crippen LogP contribution < -0.4 is 10.1 Å². The maximum absolute atomic E-state index is 14.4. The van der Waals surface area contributed by atoms with Crippen molar-refractivity contribution in [2.45, 2.75) is 79.1 Å². The number of carbonyl (C=O) groups excluding carboxylic acids is 1. The van der Waals surface area contributed by atoms with Gasteiger partial charge in [0.25, 0.3) is 0 Å². The first-order valence-electron chi connectivity index (χ1n) is 11.7. The Bertz CT molecular complexity index is 857. The molecule has 0 aromatic heterocycles. The van der Waals surface area contributed by atoms with Gasteiger partial charge in [-0.1, -0.05) is 77.6 Å². The first-order chi connectivity index (χ1) is 15.2. The van der Waals surface area contributed by atoms with Crippen LogP contribution in [0.15, 0.2) is 36.4 Å². The maximum atomic E-state index is 14.4. The number of nitrogens with one attached hydrogen (secondary N) is 1. The van der Waals surface area contributed by atoms with E-state index in [9.17, 15) is 13.6 Å². The number of ether oxygens (including phenoxy) is 1. The maximum Gasteiger partial charge on any atom is 0.412 e. The zero-order chi connectivity index (χ0) is 23.6. The molecular formula is C27H37F2NO2. The second-order valence-corrected chi connectivity index (χ2v) is 9.66. The van der Waals surface area contributed by atoms with E-state index < -0.39 is 17.7 Å². The van der Waals surface area contributed by atoms with Gasteiger partial charge in [0, 0.05) is 18.2 Å². The molecule has 0 unspecified atom stereocenters. The number of carbonyl (C=O) groups is 1. The van der Waals surface area contributed by atoms with Crippen molar-refractivity contribution in [1.82, 2.24) is 5.32 Å². The van der Waals surface area contributed by atoms with Crippen LogP contribution in [-0.4, -0.2) is 12.6 Å². The molecule has 1 amide bonds. The highest BCUT2D eigenvalue weighted by molar-refractivity contribution is 5.70. The minimum absolute atomic E-state index is 0.195. The van der Waals surface area contributed by atoms with Crippen LogP contribution >= 0.6 is 0 Å². The number of amides is 1. The number of hydrogen-bond donors (Lipinski definition) is 1. The Balaban J connectivity index is 1.96. The van der Waals surface area contributed by atoms with Gasteiger partial charge in [0.2, 0.25) is 0 Å². The Morgan fingerprint density at radius 2 is 1.59 bits per heavy atom. The van der Waals surface area contributed by atoms with Gasteiger partial charge < -0.3 is 10.1 Å². The number of unbranched alkanes of at least 4 members (excludes halogenated alkanes) is 4. The van der Waals surface area contributed by atoms with Crippen LogP contribution in [0, 0.1) is 17.0 Å². The van der Waals surface area contributed by atoms with Gasteiger partial charge in [-0.15, -0.1) is 0 Å². The highest BCUT2D eigenvalue weighted by atomic mass is 19.1. The van der Waals surface area contributed by atoms with E-state index in [1.165, 1.54) is 18.1 Å². The lowest BCUT2D eigenvalue weighted by Gasteiger charge is -2.18. The molecule has 0 heterocycles. The van der Waals surface area contributed by atoms with Crippen LogP contribution in [0.3, 0.4) is 0 Å². The molecule has 5 heteroatoms. The average Bonchev–Trinajstić information content (AvgIpc) is 2.71. The summed E-state index contributed by atoms with van der Waals surface area (Å²) in [5, 5.41) is 2.65. The van der Waals surface area contributed by atoms with Gasteiger partial charge in [0.15, 0.2) is 11.6 Å². The fraction of sp³-hybridized carbons (Fsp3) is 0.519. The topological polar surface area (TPSA) is 38.3 Å². The third-order valence-electron chi connectivity index (χ3n) is 5.27. The van der Waals surface area contributed by atoms with Gasteiger partial charge >= 0.3 is 6.09 Å². The lowest BCUT2D eigenvalue weighted by Crippen LogP contribution is -2.28. The van der Waals surface area contributed by atoms with Crippen molar-refractivity contribution in [3.63, 3.8) is 0 Å². The summed E-state index contributed by atoms with van der Waals surface area (Å²) >= 11 is 0. The molecule has 0 aliphatic carbocycles. The summed E-state index contributed by atoms with van der Waals surface area (Å²) in [5.74, 6) is -1.74. The summed E-state index contributed by atoms with van der Waals surface area (Å²) < 4.78 is 33.5. The van der Waals surface area contributed by atoms with Crippen molar-refractivity contribution >= 4 is 6.09 Å². The fourth-order valence-corrected chi connectivity index (χ4v) is 3.68.